The molecule has 25 heavy (non-hydrogen) atoms. The Labute approximate surface area is 168 Å². The Hall–Kier alpha value is 0.690. The number of ether oxygens (including phenoxy) is 1. The standard InChI is InChI=1S/C23H37IO/c1-21-11-4-3-5-16(21)6-7-18-19(21)9-12-22(2)20(18)10-14-23(22)13-8-17(15-24)25-23/h16-20H,3-15H2,1-2H3/t16-,17+,18-,19+,20+,21+,22+,23+/m1/s1. The molecule has 1 heterocycles. The first-order valence-electron chi connectivity index (χ1n) is 11.3. The molecule has 1 spiro atoms. The van der Waals surface area contributed by atoms with E-state index in [1.807, 2.05) is 0 Å². The second-order valence-electron chi connectivity index (χ2n) is 10.8. The van der Waals surface area contributed by atoms with Crippen LogP contribution in [0.3, 0.4) is 0 Å². The van der Waals surface area contributed by atoms with Gasteiger partial charge in [0.25, 0.3) is 0 Å². The van der Waals surface area contributed by atoms with Gasteiger partial charge in [0.2, 0.25) is 0 Å². The van der Waals surface area contributed by atoms with Crippen LogP contribution in [0.2, 0.25) is 0 Å². The van der Waals surface area contributed by atoms with Gasteiger partial charge in [0.1, 0.15) is 0 Å². The molecule has 8 atom stereocenters. The summed E-state index contributed by atoms with van der Waals surface area (Å²) in [6, 6.07) is 0. The maximum absolute atomic E-state index is 6.84. The number of hydrogen-bond acceptors (Lipinski definition) is 1. The van der Waals surface area contributed by atoms with E-state index in [2.05, 4.69) is 36.4 Å². The maximum atomic E-state index is 6.84. The third kappa shape index (κ3) is 2.34. The van der Waals surface area contributed by atoms with Crippen LogP contribution in [-0.4, -0.2) is 16.1 Å². The maximum Gasteiger partial charge on any atom is 0.0743 e. The third-order valence-corrected chi connectivity index (χ3v) is 11.3. The molecular formula is C23H37IO. The topological polar surface area (TPSA) is 9.23 Å². The van der Waals surface area contributed by atoms with Crippen molar-refractivity contribution in [2.24, 2.45) is 34.5 Å². The third-order valence-electron chi connectivity index (χ3n) is 10.3. The zero-order valence-corrected chi connectivity index (χ0v) is 18.5. The van der Waals surface area contributed by atoms with Crippen LogP contribution in [0, 0.1) is 34.5 Å². The van der Waals surface area contributed by atoms with Crippen LogP contribution in [0.4, 0.5) is 0 Å². The van der Waals surface area contributed by atoms with Gasteiger partial charge in [-0.15, -0.1) is 0 Å². The van der Waals surface area contributed by atoms with E-state index < -0.39 is 0 Å². The quantitative estimate of drug-likeness (QED) is 0.313. The van der Waals surface area contributed by atoms with Crippen LogP contribution in [0.1, 0.15) is 90.9 Å². The average Bonchev–Trinajstić information content (AvgIpc) is 3.17. The Bertz CT molecular complexity index is 534. The van der Waals surface area contributed by atoms with Gasteiger partial charge in [0.15, 0.2) is 0 Å². The Morgan fingerprint density at radius 1 is 0.840 bits per heavy atom. The van der Waals surface area contributed by atoms with Crippen molar-refractivity contribution in [1.82, 2.24) is 0 Å². The van der Waals surface area contributed by atoms with Gasteiger partial charge in [-0.3, -0.25) is 0 Å². The van der Waals surface area contributed by atoms with Gasteiger partial charge < -0.3 is 4.74 Å². The zero-order valence-electron chi connectivity index (χ0n) is 16.4. The first kappa shape index (κ1) is 17.8. The molecular weight excluding hydrogens is 419 g/mol. The molecule has 0 amide bonds. The van der Waals surface area contributed by atoms with E-state index in [-0.39, 0.29) is 5.60 Å². The lowest BCUT2D eigenvalue weighted by atomic mass is 9.44. The van der Waals surface area contributed by atoms with Crippen LogP contribution in [-0.2, 0) is 4.74 Å². The molecule has 5 rings (SSSR count). The first-order chi connectivity index (χ1) is 12.0. The fourth-order valence-electron chi connectivity index (χ4n) is 8.93. The molecule has 0 bridgehead atoms. The Morgan fingerprint density at radius 3 is 2.44 bits per heavy atom. The molecule has 5 aliphatic rings. The summed E-state index contributed by atoms with van der Waals surface area (Å²) in [6.07, 6.45) is 18.1. The normalized spacial score (nSPS) is 58.0. The predicted octanol–water partition coefficient (Wildman–Crippen LogP) is 6.77. The van der Waals surface area contributed by atoms with E-state index >= 15 is 0 Å². The van der Waals surface area contributed by atoms with E-state index in [0.717, 1.165) is 23.7 Å². The number of alkyl halides is 1. The van der Waals surface area contributed by atoms with Crippen molar-refractivity contribution in [3.05, 3.63) is 0 Å². The van der Waals surface area contributed by atoms with E-state index in [9.17, 15) is 0 Å². The fraction of sp³-hybridized carbons (Fsp3) is 1.00. The smallest absolute Gasteiger partial charge is 0.0743 e. The highest BCUT2D eigenvalue weighted by atomic mass is 127. The minimum absolute atomic E-state index is 0.253. The molecule has 0 unspecified atom stereocenters. The highest BCUT2D eigenvalue weighted by molar-refractivity contribution is 14.1. The summed E-state index contributed by atoms with van der Waals surface area (Å²) in [7, 11) is 0. The van der Waals surface area contributed by atoms with Crippen LogP contribution < -0.4 is 0 Å². The molecule has 142 valence electrons. The summed E-state index contributed by atoms with van der Waals surface area (Å²) < 4.78 is 8.02. The van der Waals surface area contributed by atoms with Crippen molar-refractivity contribution >= 4 is 22.6 Å². The molecule has 0 aromatic carbocycles. The predicted molar refractivity (Wildman–Crippen MR) is 112 cm³/mol. The Balaban J connectivity index is 1.44. The lowest BCUT2D eigenvalue weighted by Crippen LogP contribution is -2.56. The van der Waals surface area contributed by atoms with Gasteiger partial charge in [-0.05, 0) is 98.7 Å². The van der Waals surface area contributed by atoms with Crippen molar-refractivity contribution in [3.63, 3.8) is 0 Å². The fourth-order valence-corrected chi connectivity index (χ4v) is 9.55. The molecule has 0 N–H and O–H groups in total. The Morgan fingerprint density at radius 2 is 1.64 bits per heavy atom. The molecule has 1 nitrogen and oxygen atoms in total. The monoisotopic (exact) mass is 456 g/mol. The number of rotatable bonds is 1. The van der Waals surface area contributed by atoms with Crippen molar-refractivity contribution < 1.29 is 4.74 Å². The molecule has 2 heteroatoms. The molecule has 5 fully saturated rings. The second-order valence-corrected chi connectivity index (χ2v) is 11.7. The first-order valence-corrected chi connectivity index (χ1v) is 12.8. The van der Waals surface area contributed by atoms with Crippen LogP contribution in [0.15, 0.2) is 0 Å². The van der Waals surface area contributed by atoms with Gasteiger partial charge in [0.05, 0.1) is 11.7 Å². The van der Waals surface area contributed by atoms with Crippen LogP contribution in [0.25, 0.3) is 0 Å². The van der Waals surface area contributed by atoms with Crippen LogP contribution >= 0.6 is 22.6 Å². The minimum Gasteiger partial charge on any atom is -0.370 e. The van der Waals surface area contributed by atoms with Gasteiger partial charge in [0, 0.05) is 4.43 Å². The molecule has 4 aliphatic carbocycles. The van der Waals surface area contributed by atoms with Crippen molar-refractivity contribution in [2.75, 3.05) is 4.43 Å². The van der Waals surface area contributed by atoms with E-state index in [0.29, 0.717) is 16.9 Å². The Kier molecular flexibility index (Phi) is 4.33. The molecule has 1 aliphatic heterocycles. The summed E-state index contributed by atoms with van der Waals surface area (Å²) in [5.41, 5.74) is 1.41. The van der Waals surface area contributed by atoms with Crippen molar-refractivity contribution in [2.45, 2.75) is 103 Å². The summed E-state index contributed by atoms with van der Waals surface area (Å²) in [5, 5.41) is 0. The number of halogens is 1. The molecule has 1 saturated heterocycles. The highest BCUT2D eigenvalue weighted by Gasteiger charge is 2.66. The molecule has 0 radical (unpaired) electrons. The van der Waals surface area contributed by atoms with Gasteiger partial charge in [-0.2, -0.15) is 0 Å². The highest BCUT2D eigenvalue weighted by Crippen LogP contribution is 2.70. The summed E-state index contributed by atoms with van der Waals surface area (Å²) in [6.45, 7) is 5.37. The largest absolute Gasteiger partial charge is 0.370 e. The molecule has 0 aromatic rings. The van der Waals surface area contributed by atoms with Gasteiger partial charge in [-0.25, -0.2) is 0 Å². The van der Waals surface area contributed by atoms with Crippen molar-refractivity contribution in [3.8, 4) is 0 Å². The number of hydrogen-bond donors (Lipinski definition) is 0. The van der Waals surface area contributed by atoms with E-state index in [4.69, 9.17) is 4.74 Å². The lowest BCUT2D eigenvalue weighted by molar-refractivity contribution is -0.164. The summed E-state index contributed by atoms with van der Waals surface area (Å²) in [4.78, 5) is 0. The van der Waals surface area contributed by atoms with Gasteiger partial charge in [-0.1, -0.05) is 49.3 Å². The zero-order chi connectivity index (χ0) is 17.3. The van der Waals surface area contributed by atoms with Crippen LogP contribution in [0.5, 0.6) is 0 Å². The lowest BCUT2D eigenvalue weighted by Gasteiger charge is -2.61. The molecule has 0 aromatic heterocycles. The summed E-state index contributed by atoms with van der Waals surface area (Å²) in [5.74, 6) is 4.05. The minimum atomic E-state index is 0.253. The average molecular weight is 456 g/mol. The van der Waals surface area contributed by atoms with E-state index in [1.165, 1.54) is 81.5 Å². The SMILES string of the molecule is C[C@]12CCCC[C@@H]1CC[C@@H]1[C@@H]2CC[C@@]2(C)[C@H]1CC[C@@]21CC[C@@H](CI)O1. The molecule has 4 saturated carbocycles. The second kappa shape index (κ2) is 6.09. The summed E-state index contributed by atoms with van der Waals surface area (Å²) >= 11 is 2.54. The van der Waals surface area contributed by atoms with Gasteiger partial charge >= 0.3 is 0 Å². The van der Waals surface area contributed by atoms with E-state index in [1.54, 1.807) is 0 Å². The van der Waals surface area contributed by atoms with Crippen molar-refractivity contribution in [1.29, 1.82) is 0 Å². The number of fused-ring (bicyclic) bond motifs is 6.